The minimum absolute atomic E-state index is 0.134. The maximum absolute atomic E-state index is 12.9. The molecule has 9 nitrogen and oxygen atoms in total. The van der Waals surface area contributed by atoms with Gasteiger partial charge in [-0.25, -0.2) is 4.68 Å². The first kappa shape index (κ1) is 21.7. The highest BCUT2D eigenvalue weighted by Crippen LogP contribution is 2.32. The maximum Gasteiger partial charge on any atom is 0.274 e. The Balaban J connectivity index is 1.51. The molecule has 1 aromatic heterocycles. The zero-order valence-corrected chi connectivity index (χ0v) is 18.6. The zero-order chi connectivity index (χ0) is 22.5. The normalized spacial score (nSPS) is 11.9. The molecule has 0 saturated heterocycles. The second kappa shape index (κ2) is 9.73. The molecular formula is C22H23N5O4S. The Bertz CT molecular complexity index is 1130. The van der Waals surface area contributed by atoms with E-state index >= 15 is 0 Å². The van der Waals surface area contributed by atoms with Crippen LogP contribution in [0.15, 0.2) is 42.5 Å². The van der Waals surface area contributed by atoms with Crippen LogP contribution in [-0.4, -0.2) is 46.4 Å². The van der Waals surface area contributed by atoms with Crippen molar-refractivity contribution in [3.63, 3.8) is 0 Å². The second-order valence-electron chi connectivity index (χ2n) is 7.01. The number of benzene rings is 2. The van der Waals surface area contributed by atoms with Crippen LogP contribution in [0.25, 0.3) is 5.69 Å². The summed E-state index contributed by atoms with van der Waals surface area (Å²) in [6, 6.07) is 12.6. The number of amides is 2. The van der Waals surface area contributed by atoms with Gasteiger partial charge < -0.3 is 20.1 Å². The van der Waals surface area contributed by atoms with Crippen LogP contribution in [0.4, 0.5) is 0 Å². The van der Waals surface area contributed by atoms with Crippen molar-refractivity contribution in [2.24, 2.45) is 0 Å². The summed E-state index contributed by atoms with van der Waals surface area (Å²) in [6.45, 7) is 2.96. The van der Waals surface area contributed by atoms with Gasteiger partial charge in [0.25, 0.3) is 11.8 Å². The number of carbonyl (C=O) groups excluding carboxylic acids is 2. The molecule has 32 heavy (non-hydrogen) atoms. The summed E-state index contributed by atoms with van der Waals surface area (Å²) in [6.07, 6.45) is 1.95. The lowest BCUT2D eigenvalue weighted by Crippen LogP contribution is -2.24. The van der Waals surface area contributed by atoms with Gasteiger partial charge in [-0.05, 0) is 55.1 Å². The Morgan fingerprint density at radius 2 is 1.84 bits per heavy atom. The highest BCUT2D eigenvalue weighted by molar-refractivity contribution is 7.97. The van der Waals surface area contributed by atoms with E-state index in [0.29, 0.717) is 41.6 Å². The lowest BCUT2D eigenvalue weighted by atomic mass is 10.2. The smallest absolute Gasteiger partial charge is 0.274 e. The molecule has 1 aliphatic rings. The van der Waals surface area contributed by atoms with Crippen molar-refractivity contribution in [1.82, 2.24) is 25.6 Å². The molecule has 2 aromatic carbocycles. The Morgan fingerprint density at radius 1 is 1.06 bits per heavy atom. The fourth-order valence-corrected chi connectivity index (χ4v) is 3.82. The van der Waals surface area contributed by atoms with Crippen molar-refractivity contribution in [2.45, 2.75) is 19.2 Å². The van der Waals surface area contributed by atoms with Gasteiger partial charge in [0.15, 0.2) is 17.2 Å². The first-order valence-electron chi connectivity index (χ1n) is 10.1. The third kappa shape index (κ3) is 4.54. The molecule has 1 aliphatic heterocycles. The topological polar surface area (TPSA) is 107 Å². The number of hydrogen-bond donors (Lipinski definition) is 2. The fraction of sp³-hybridized carbons (Fsp3) is 0.273. The number of thioether (sulfide) groups is 1. The number of aromatic nitrogens is 3. The van der Waals surface area contributed by atoms with Crippen LogP contribution in [0.2, 0.25) is 0 Å². The third-order valence-corrected chi connectivity index (χ3v) is 5.42. The largest absolute Gasteiger partial charge is 0.454 e. The fourth-order valence-electron chi connectivity index (χ4n) is 3.29. The van der Waals surface area contributed by atoms with E-state index in [1.54, 1.807) is 40.7 Å². The average molecular weight is 454 g/mol. The predicted molar refractivity (Wildman–Crippen MR) is 120 cm³/mol. The average Bonchev–Trinajstić information content (AvgIpc) is 3.45. The SMILES string of the molecule is CCNC(=O)c1ccc(-n2nnc(C(=O)NCc3ccc4c(c3)OCO4)c2CSC)cc1. The molecule has 0 unspecified atom stereocenters. The van der Waals surface area contributed by atoms with E-state index in [2.05, 4.69) is 20.9 Å². The van der Waals surface area contributed by atoms with E-state index in [1.165, 1.54) is 0 Å². The van der Waals surface area contributed by atoms with Crippen molar-refractivity contribution in [3.05, 3.63) is 65.0 Å². The van der Waals surface area contributed by atoms with E-state index in [-0.39, 0.29) is 24.3 Å². The van der Waals surface area contributed by atoms with Gasteiger partial charge >= 0.3 is 0 Å². The zero-order valence-electron chi connectivity index (χ0n) is 17.8. The number of fused-ring (bicyclic) bond motifs is 1. The van der Waals surface area contributed by atoms with Crippen molar-refractivity contribution >= 4 is 23.6 Å². The first-order valence-corrected chi connectivity index (χ1v) is 11.5. The number of nitrogens with one attached hydrogen (secondary N) is 2. The molecule has 0 spiro atoms. The quantitative estimate of drug-likeness (QED) is 0.540. The molecule has 2 N–H and O–H groups in total. The molecular weight excluding hydrogens is 430 g/mol. The number of ether oxygens (including phenoxy) is 2. The first-order chi connectivity index (χ1) is 15.6. The van der Waals surface area contributed by atoms with Gasteiger partial charge in [0.1, 0.15) is 0 Å². The third-order valence-electron chi connectivity index (χ3n) is 4.86. The minimum Gasteiger partial charge on any atom is -0.454 e. The van der Waals surface area contributed by atoms with Crippen molar-refractivity contribution in [2.75, 3.05) is 19.6 Å². The molecule has 0 saturated carbocycles. The van der Waals surface area contributed by atoms with Crippen LogP contribution in [0.5, 0.6) is 11.5 Å². The Kier molecular flexibility index (Phi) is 6.60. The summed E-state index contributed by atoms with van der Waals surface area (Å²) in [7, 11) is 0. The highest BCUT2D eigenvalue weighted by Gasteiger charge is 2.21. The van der Waals surface area contributed by atoms with Crippen molar-refractivity contribution in [1.29, 1.82) is 0 Å². The number of carbonyl (C=O) groups is 2. The molecule has 0 atom stereocenters. The Hall–Kier alpha value is -3.53. The number of nitrogens with zero attached hydrogens (tertiary/aromatic N) is 3. The van der Waals surface area contributed by atoms with E-state index in [0.717, 1.165) is 11.3 Å². The second-order valence-corrected chi connectivity index (χ2v) is 7.87. The van der Waals surface area contributed by atoms with Crippen molar-refractivity contribution in [3.8, 4) is 17.2 Å². The van der Waals surface area contributed by atoms with Crippen LogP contribution in [0.1, 0.15) is 39.0 Å². The molecule has 2 heterocycles. The van der Waals surface area contributed by atoms with Crippen LogP contribution in [-0.2, 0) is 12.3 Å². The lowest BCUT2D eigenvalue weighted by Gasteiger charge is -2.09. The summed E-state index contributed by atoms with van der Waals surface area (Å²) >= 11 is 1.57. The summed E-state index contributed by atoms with van der Waals surface area (Å²) < 4.78 is 12.3. The van der Waals surface area contributed by atoms with Gasteiger partial charge in [0, 0.05) is 24.4 Å². The highest BCUT2D eigenvalue weighted by atomic mass is 32.2. The van der Waals surface area contributed by atoms with E-state index in [4.69, 9.17) is 9.47 Å². The van der Waals surface area contributed by atoms with E-state index in [1.807, 2.05) is 31.4 Å². The Morgan fingerprint density at radius 3 is 2.59 bits per heavy atom. The van der Waals surface area contributed by atoms with Gasteiger partial charge in [0.2, 0.25) is 6.79 Å². The van der Waals surface area contributed by atoms with Crippen LogP contribution >= 0.6 is 11.8 Å². The molecule has 2 amide bonds. The standard InChI is InChI=1S/C22H23N5O4S/c1-3-23-21(28)15-5-7-16(8-6-15)27-17(12-32-2)20(25-26-27)22(29)24-11-14-4-9-18-19(10-14)31-13-30-18/h4-10H,3,11-13H2,1-2H3,(H,23,28)(H,24,29). The summed E-state index contributed by atoms with van der Waals surface area (Å²) in [4.78, 5) is 24.9. The number of hydrogen-bond acceptors (Lipinski definition) is 7. The molecule has 10 heteroatoms. The predicted octanol–water partition coefficient (Wildman–Crippen LogP) is 2.54. The monoisotopic (exact) mass is 453 g/mol. The van der Waals surface area contributed by atoms with Gasteiger partial charge in [-0.1, -0.05) is 11.3 Å². The molecule has 3 aromatic rings. The summed E-state index contributed by atoms with van der Waals surface area (Å²) in [5.41, 5.74) is 3.13. The van der Waals surface area contributed by atoms with Crippen LogP contribution in [0, 0.1) is 0 Å². The molecule has 4 rings (SSSR count). The molecule has 0 aliphatic carbocycles. The molecule has 0 bridgehead atoms. The molecule has 0 fully saturated rings. The van der Waals surface area contributed by atoms with Gasteiger partial charge in [-0.3, -0.25) is 9.59 Å². The summed E-state index contributed by atoms with van der Waals surface area (Å²) in [5, 5.41) is 14.0. The lowest BCUT2D eigenvalue weighted by molar-refractivity contribution is 0.0940. The van der Waals surface area contributed by atoms with Crippen LogP contribution in [0.3, 0.4) is 0 Å². The Labute approximate surface area is 189 Å². The van der Waals surface area contributed by atoms with E-state index in [9.17, 15) is 9.59 Å². The minimum atomic E-state index is -0.308. The molecule has 166 valence electrons. The van der Waals surface area contributed by atoms with Gasteiger partial charge in [-0.2, -0.15) is 11.8 Å². The van der Waals surface area contributed by atoms with Gasteiger partial charge in [0.05, 0.1) is 11.4 Å². The number of rotatable bonds is 8. The molecule has 0 radical (unpaired) electrons. The van der Waals surface area contributed by atoms with Gasteiger partial charge in [-0.15, -0.1) is 5.10 Å². The van der Waals surface area contributed by atoms with Crippen LogP contribution < -0.4 is 20.1 Å². The van der Waals surface area contributed by atoms with E-state index < -0.39 is 0 Å². The summed E-state index contributed by atoms with van der Waals surface area (Å²) in [5.74, 6) is 1.48. The maximum atomic E-state index is 12.9. The van der Waals surface area contributed by atoms with Crippen molar-refractivity contribution < 1.29 is 19.1 Å².